The van der Waals surface area contributed by atoms with E-state index in [1.165, 1.54) is 0 Å². The van der Waals surface area contributed by atoms with Gasteiger partial charge in [0.25, 0.3) is 5.91 Å². The maximum absolute atomic E-state index is 12.8. The number of hydrogen-bond acceptors (Lipinski definition) is 6. The molecule has 2 heterocycles. The second-order valence-corrected chi connectivity index (χ2v) is 5.92. The molecule has 8 heteroatoms. The van der Waals surface area contributed by atoms with Crippen LogP contribution in [0.2, 0.25) is 0 Å². The summed E-state index contributed by atoms with van der Waals surface area (Å²) in [6, 6.07) is 12.8. The van der Waals surface area contributed by atoms with E-state index in [-0.39, 0.29) is 11.9 Å². The van der Waals surface area contributed by atoms with Crippen molar-refractivity contribution >= 4 is 5.91 Å². The number of ether oxygens (including phenoxy) is 2. The molecule has 2 N–H and O–H groups in total. The number of H-pyrrole nitrogens is 1. The molecule has 26 heavy (non-hydrogen) atoms. The van der Waals surface area contributed by atoms with E-state index in [4.69, 9.17) is 9.47 Å². The van der Waals surface area contributed by atoms with Gasteiger partial charge in [0.05, 0.1) is 18.7 Å². The topological polar surface area (TPSA) is 102 Å². The summed E-state index contributed by atoms with van der Waals surface area (Å²) in [5.41, 5.74) is 2.12. The Morgan fingerprint density at radius 3 is 2.96 bits per heavy atom. The molecular formula is C18H17N5O3. The minimum Gasteiger partial charge on any atom is -0.493 e. The summed E-state index contributed by atoms with van der Waals surface area (Å²) in [6.07, 6.45) is 0.669. The Hall–Kier alpha value is -3.42. The molecule has 1 aliphatic heterocycles. The lowest BCUT2D eigenvalue weighted by atomic mass is 10.0. The number of aromatic nitrogens is 4. The summed E-state index contributed by atoms with van der Waals surface area (Å²) in [7, 11) is 1.61. The molecule has 3 aromatic rings. The quantitative estimate of drug-likeness (QED) is 0.740. The highest BCUT2D eigenvalue weighted by Gasteiger charge is 2.25. The van der Waals surface area contributed by atoms with Crippen LogP contribution in [0.1, 0.15) is 15.9 Å². The van der Waals surface area contributed by atoms with Crippen LogP contribution in [0.15, 0.2) is 42.5 Å². The van der Waals surface area contributed by atoms with Gasteiger partial charge in [0.1, 0.15) is 6.61 Å². The smallest absolute Gasteiger partial charge is 0.252 e. The second kappa shape index (κ2) is 6.83. The summed E-state index contributed by atoms with van der Waals surface area (Å²) in [5.74, 6) is 1.62. The van der Waals surface area contributed by atoms with E-state index in [1.54, 1.807) is 25.3 Å². The van der Waals surface area contributed by atoms with Gasteiger partial charge < -0.3 is 14.8 Å². The highest BCUT2D eigenvalue weighted by Crippen LogP contribution is 2.34. The molecule has 1 aromatic heterocycles. The van der Waals surface area contributed by atoms with E-state index in [2.05, 4.69) is 25.9 Å². The molecule has 0 spiro atoms. The fraction of sp³-hybridized carbons (Fsp3) is 0.222. The molecule has 1 amide bonds. The molecule has 0 bridgehead atoms. The van der Waals surface area contributed by atoms with E-state index in [0.29, 0.717) is 35.7 Å². The minimum absolute atomic E-state index is 0.138. The number of hydrogen-bond donors (Lipinski definition) is 2. The Labute approximate surface area is 149 Å². The van der Waals surface area contributed by atoms with Gasteiger partial charge in [-0.15, -0.1) is 10.2 Å². The second-order valence-electron chi connectivity index (χ2n) is 5.92. The average molecular weight is 351 g/mol. The fourth-order valence-electron chi connectivity index (χ4n) is 3.06. The molecule has 4 rings (SSSR count). The Bertz CT molecular complexity index is 926. The van der Waals surface area contributed by atoms with Gasteiger partial charge >= 0.3 is 0 Å². The van der Waals surface area contributed by atoms with Crippen molar-refractivity contribution in [3.8, 4) is 22.9 Å². The highest BCUT2D eigenvalue weighted by molar-refractivity contribution is 6.00. The van der Waals surface area contributed by atoms with Crippen LogP contribution in [0, 0.1) is 0 Å². The molecule has 0 saturated carbocycles. The molecule has 8 nitrogen and oxygen atoms in total. The zero-order chi connectivity index (χ0) is 17.9. The largest absolute Gasteiger partial charge is 0.493 e. The van der Waals surface area contributed by atoms with Crippen molar-refractivity contribution < 1.29 is 14.3 Å². The van der Waals surface area contributed by atoms with Crippen LogP contribution in [0.5, 0.6) is 11.5 Å². The lowest BCUT2D eigenvalue weighted by molar-refractivity contribution is 0.0915. The monoisotopic (exact) mass is 351 g/mol. The molecule has 0 aliphatic carbocycles. The number of fused-ring (bicyclic) bond motifs is 1. The number of methoxy groups -OCH3 is 1. The van der Waals surface area contributed by atoms with Crippen molar-refractivity contribution in [1.29, 1.82) is 0 Å². The summed E-state index contributed by atoms with van der Waals surface area (Å²) in [5, 5.41) is 16.9. The first kappa shape index (κ1) is 16.1. The average Bonchev–Trinajstić information content (AvgIpc) is 3.22. The third-order valence-corrected chi connectivity index (χ3v) is 4.27. The number of para-hydroxylation sites is 1. The number of tetrazole rings is 1. The van der Waals surface area contributed by atoms with Gasteiger partial charge in [-0.05, 0) is 23.8 Å². The molecule has 1 unspecified atom stereocenters. The predicted molar refractivity (Wildman–Crippen MR) is 93.1 cm³/mol. The lowest BCUT2D eigenvalue weighted by Crippen LogP contribution is -2.42. The Balaban J connectivity index is 1.53. The molecule has 2 aromatic carbocycles. The third-order valence-electron chi connectivity index (χ3n) is 4.27. The number of carbonyl (C=O) groups is 1. The SMILES string of the molecule is COc1cccc2c1OCC(NC(=O)c1ccccc1-c1nn[nH]n1)C2. The molecule has 132 valence electrons. The Morgan fingerprint density at radius 2 is 2.15 bits per heavy atom. The third kappa shape index (κ3) is 2.97. The highest BCUT2D eigenvalue weighted by atomic mass is 16.5. The first-order valence-electron chi connectivity index (χ1n) is 8.18. The molecule has 0 radical (unpaired) electrons. The molecular weight excluding hydrogens is 334 g/mol. The summed E-state index contributed by atoms with van der Waals surface area (Å²) >= 11 is 0. The van der Waals surface area contributed by atoms with Gasteiger partial charge in [-0.25, -0.2) is 0 Å². The first-order chi connectivity index (χ1) is 12.8. The van der Waals surface area contributed by atoms with Gasteiger partial charge in [-0.3, -0.25) is 4.79 Å². The van der Waals surface area contributed by atoms with E-state index in [9.17, 15) is 4.79 Å². The molecule has 1 aliphatic rings. The van der Waals surface area contributed by atoms with E-state index in [1.807, 2.05) is 24.3 Å². The van der Waals surface area contributed by atoms with Crippen molar-refractivity contribution in [2.75, 3.05) is 13.7 Å². The van der Waals surface area contributed by atoms with Crippen LogP contribution in [0.4, 0.5) is 0 Å². The number of nitrogens with one attached hydrogen (secondary N) is 2. The van der Waals surface area contributed by atoms with Crippen molar-refractivity contribution in [2.24, 2.45) is 0 Å². The summed E-state index contributed by atoms with van der Waals surface area (Å²) in [6.45, 7) is 0.378. The zero-order valence-electron chi connectivity index (χ0n) is 14.1. The normalized spacial score (nSPS) is 15.7. The van der Waals surface area contributed by atoms with Gasteiger partial charge in [-0.1, -0.05) is 30.3 Å². The summed E-state index contributed by atoms with van der Waals surface area (Å²) in [4.78, 5) is 12.8. The Kier molecular flexibility index (Phi) is 4.22. The van der Waals surface area contributed by atoms with Gasteiger partial charge in [0.2, 0.25) is 5.82 Å². The van der Waals surface area contributed by atoms with Crippen LogP contribution in [0.25, 0.3) is 11.4 Å². The predicted octanol–water partition coefficient (Wildman–Crippen LogP) is 1.61. The van der Waals surface area contributed by atoms with Gasteiger partial charge in [-0.2, -0.15) is 5.21 Å². The van der Waals surface area contributed by atoms with E-state index >= 15 is 0 Å². The maximum atomic E-state index is 12.8. The van der Waals surface area contributed by atoms with Crippen LogP contribution in [-0.2, 0) is 6.42 Å². The number of nitrogens with zero attached hydrogens (tertiary/aromatic N) is 3. The number of amides is 1. The Morgan fingerprint density at radius 1 is 1.27 bits per heavy atom. The minimum atomic E-state index is -0.203. The van der Waals surface area contributed by atoms with Crippen LogP contribution in [0.3, 0.4) is 0 Å². The maximum Gasteiger partial charge on any atom is 0.252 e. The van der Waals surface area contributed by atoms with Crippen LogP contribution in [-0.4, -0.2) is 46.3 Å². The van der Waals surface area contributed by atoms with Crippen LogP contribution >= 0.6 is 0 Å². The standard InChI is InChI=1S/C18H17N5O3/c1-25-15-8-4-5-11-9-12(10-26-16(11)15)19-18(24)14-7-3-2-6-13(14)17-20-22-23-21-17/h2-8,12H,9-10H2,1H3,(H,19,24)(H,20,21,22,23). The summed E-state index contributed by atoms with van der Waals surface area (Å²) < 4.78 is 11.1. The number of carbonyl (C=O) groups excluding carboxylic acids is 1. The first-order valence-corrected chi connectivity index (χ1v) is 8.18. The van der Waals surface area contributed by atoms with Crippen molar-refractivity contribution in [1.82, 2.24) is 25.9 Å². The number of aromatic amines is 1. The fourth-order valence-corrected chi connectivity index (χ4v) is 3.06. The lowest BCUT2D eigenvalue weighted by Gasteiger charge is -2.27. The van der Waals surface area contributed by atoms with Crippen molar-refractivity contribution in [2.45, 2.75) is 12.5 Å². The van der Waals surface area contributed by atoms with Crippen LogP contribution < -0.4 is 14.8 Å². The number of benzene rings is 2. The van der Waals surface area contributed by atoms with E-state index in [0.717, 1.165) is 11.3 Å². The molecule has 1 atom stereocenters. The van der Waals surface area contributed by atoms with Gasteiger partial charge in [0, 0.05) is 11.1 Å². The van der Waals surface area contributed by atoms with E-state index < -0.39 is 0 Å². The van der Waals surface area contributed by atoms with Crippen molar-refractivity contribution in [3.05, 3.63) is 53.6 Å². The molecule has 0 saturated heterocycles. The zero-order valence-corrected chi connectivity index (χ0v) is 14.1. The van der Waals surface area contributed by atoms with Gasteiger partial charge in [0.15, 0.2) is 11.5 Å². The number of rotatable bonds is 4. The molecule has 0 fully saturated rings. The van der Waals surface area contributed by atoms with Crippen molar-refractivity contribution in [3.63, 3.8) is 0 Å².